The van der Waals surface area contributed by atoms with Gasteiger partial charge in [0.1, 0.15) is 5.54 Å². The molecular weight excluding hydrogens is 226 g/mol. The van der Waals surface area contributed by atoms with Gasteiger partial charge in [0, 0.05) is 6.04 Å². The van der Waals surface area contributed by atoms with Crippen LogP contribution in [0.4, 0.5) is 0 Å². The second kappa shape index (κ2) is 5.53. The Labute approximate surface area is 110 Å². The van der Waals surface area contributed by atoms with E-state index in [1.807, 2.05) is 46.8 Å². The fourth-order valence-corrected chi connectivity index (χ4v) is 2.30. The van der Waals surface area contributed by atoms with Crippen LogP contribution in [0.5, 0.6) is 0 Å². The van der Waals surface area contributed by atoms with Gasteiger partial charge in [-0.05, 0) is 40.2 Å². The molecule has 0 amide bonds. The van der Waals surface area contributed by atoms with E-state index < -0.39 is 5.54 Å². The Hall–Kier alpha value is -1.35. The number of esters is 1. The molecule has 100 valence electrons. The summed E-state index contributed by atoms with van der Waals surface area (Å²) in [4.78, 5) is 12.1. The van der Waals surface area contributed by atoms with E-state index in [4.69, 9.17) is 4.74 Å². The lowest BCUT2D eigenvalue weighted by Gasteiger charge is -2.31. The summed E-state index contributed by atoms with van der Waals surface area (Å²) >= 11 is 0. The zero-order valence-corrected chi connectivity index (χ0v) is 12.1. The molecule has 1 aromatic rings. The zero-order chi connectivity index (χ0) is 13.9. The molecule has 3 heteroatoms. The molecule has 0 heterocycles. The molecule has 0 aliphatic carbocycles. The van der Waals surface area contributed by atoms with Gasteiger partial charge in [0.05, 0.1) is 7.11 Å². The molecule has 0 aliphatic heterocycles. The van der Waals surface area contributed by atoms with Crippen molar-refractivity contribution in [2.45, 2.75) is 46.2 Å². The Bertz CT molecular complexity index is 420. The Kier molecular flexibility index (Phi) is 4.52. The molecule has 1 unspecified atom stereocenters. The number of methoxy groups -OCH3 is 1. The van der Waals surface area contributed by atoms with Gasteiger partial charge in [-0.15, -0.1) is 0 Å². The predicted octanol–water partition coefficient (Wildman–Crippen LogP) is 2.69. The van der Waals surface area contributed by atoms with Crippen molar-refractivity contribution in [2.75, 3.05) is 7.11 Å². The molecule has 1 atom stereocenters. The third-order valence-corrected chi connectivity index (χ3v) is 2.97. The van der Waals surface area contributed by atoms with Crippen LogP contribution in [-0.2, 0) is 15.1 Å². The van der Waals surface area contributed by atoms with Crippen LogP contribution in [0.3, 0.4) is 0 Å². The van der Waals surface area contributed by atoms with Gasteiger partial charge in [-0.25, -0.2) is 4.79 Å². The summed E-state index contributed by atoms with van der Waals surface area (Å²) in [6.07, 6.45) is 0. The first-order valence-electron chi connectivity index (χ1n) is 6.24. The number of carbonyl (C=O) groups excluding carboxylic acids is 1. The van der Waals surface area contributed by atoms with Gasteiger partial charge in [0.15, 0.2) is 0 Å². The Morgan fingerprint density at radius 3 is 2.11 bits per heavy atom. The topological polar surface area (TPSA) is 38.3 Å². The molecule has 1 aromatic carbocycles. The summed E-state index contributed by atoms with van der Waals surface area (Å²) in [5, 5.41) is 3.30. The Balaban J connectivity index is 3.29. The molecule has 0 spiro atoms. The van der Waals surface area contributed by atoms with Crippen LogP contribution in [0.15, 0.2) is 18.2 Å². The summed E-state index contributed by atoms with van der Waals surface area (Å²) in [7, 11) is 1.42. The number of aryl methyl sites for hydroxylation is 2. The molecule has 0 aliphatic rings. The van der Waals surface area contributed by atoms with Crippen LogP contribution in [0.2, 0.25) is 0 Å². The predicted molar refractivity (Wildman–Crippen MR) is 73.6 cm³/mol. The number of hydrogen-bond donors (Lipinski definition) is 1. The minimum Gasteiger partial charge on any atom is -0.467 e. The fourth-order valence-electron chi connectivity index (χ4n) is 2.30. The second-order valence-electron chi connectivity index (χ2n) is 5.29. The molecule has 0 bridgehead atoms. The number of rotatable bonds is 4. The second-order valence-corrected chi connectivity index (χ2v) is 5.29. The lowest BCUT2D eigenvalue weighted by molar-refractivity contribution is -0.148. The molecular formula is C15H23NO2. The highest BCUT2D eigenvalue weighted by Crippen LogP contribution is 2.25. The van der Waals surface area contributed by atoms with Crippen LogP contribution in [0.25, 0.3) is 0 Å². The first kappa shape index (κ1) is 14.7. The van der Waals surface area contributed by atoms with Crippen LogP contribution >= 0.6 is 0 Å². The minimum atomic E-state index is -0.806. The van der Waals surface area contributed by atoms with E-state index in [2.05, 4.69) is 11.4 Å². The zero-order valence-electron chi connectivity index (χ0n) is 12.1. The quantitative estimate of drug-likeness (QED) is 0.834. The van der Waals surface area contributed by atoms with E-state index >= 15 is 0 Å². The van der Waals surface area contributed by atoms with Crippen LogP contribution < -0.4 is 5.32 Å². The maximum absolute atomic E-state index is 12.1. The van der Waals surface area contributed by atoms with E-state index in [1.54, 1.807) is 0 Å². The van der Waals surface area contributed by atoms with Gasteiger partial charge in [-0.1, -0.05) is 29.3 Å². The first-order valence-corrected chi connectivity index (χ1v) is 6.24. The highest BCUT2D eigenvalue weighted by molar-refractivity contribution is 5.82. The number of benzene rings is 1. The maximum Gasteiger partial charge on any atom is 0.330 e. The Morgan fingerprint density at radius 1 is 1.22 bits per heavy atom. The van der Waals surface area contributed by atoms with Crippen LogP contribution in [0.1, 0.15) is 37.5 Å². The van der Waals surface area contributed by atoms with E-state index in [1.165, 1.54) is 7.11 Å². The molecule has 18 heavy (non-hydrogen) atoms. The molecule has 0 aromatic heterocycles. The summed E-state index contributed by atoms with van der Waals surface area (Å²) in [6, 6.07) is 6.34. The Morgan fingerprint density at radius 2 is 1.72 bits per heavy atom. The van der Waals surface area contributed by atoms with Gasteiger partial charge < -0.3 is 4.74 Å². The fraction of sp³-hybridized carbons (Fsp3) is 0.533. The van der Waals surface area contributed by atoms with E-state index in [9.17, 15) is 4.79 Å². The van der Waals surface area contributed by atoms with Gasteiger partial charge in [0.2, 0.25) is 0 Å². The average molecular weight is 249 g/mol. The van der Waals surface area contributed by atoms with E-state index in [-0.39, 0.29) is 12.0 Å². The molecule has 1 N–H and O–H groups in total. The van der Waals surface area contributed by atoms with Crippen molar-refractivity contribution < 1.29 is 9.53 Å². The normalized spacial score (nSPS) is 14.4. The van der Waals surface area contributed by atoms with E-state index in [0.29, 0.717) is 0 Å². The molecule has 0 radical (unpaired) electrons. The van der Waals surface area contributed by atoms with Gasteiger partial charge in [-0.2, -0.15) is 0 Å². The lowest BCUT2D eigenvalue weighted by Crippen LogP contribution is -2.50. The summed E-state index contributed by atoms with van der Waals surface area (Å²) in [5.41, 5.74) is 2.43. The van der Waals surface area contributed by atoms with Crippen molar-refractivity contribution in [2.24, 2.45) is 0 Å². The standard InChI is InChI=1S/C15H23NO2/c1-10(2)16-15(5,14(17)18-6)13-8-11(3)7-12(4)9-13/h7-10,16H,1-6H3. The largest absolute Gasteiger partial charge is 0.467 e. The number of nitrogens with one attached hydrogen (secondary N) is 1. The third-order valence-electron chi connectivity index (χ3n) is 2.97. The first-order chi connectivity index (χ1) is 8.29. The monoisotopic (exact) mass is 249 g/mol. The highest BCUT2D eigenvalue weighted by Gasteiger charge is 2.36. The molecule has 3 nitrogen and oxygen atoms in total. The molecule has 0 fully saturated rings. The van der Waals surface area contributed by atoms with Crippen molar-refractivity contribution >= 4 is 5.97 Å². The van der Waals surface area contributed by atoms with Crippen LogP contribution in [-0.4, -0.2) is 19.1 Å². The van der Waals surface area contributed by atoms with Crippen molar-refractivity contribution in [1.82, 2.24) is 5.32 Å². The SMILES string of the molecule is COC(=O)C(C)(NC(C)C)c1cc(C)cc(C)c1. The maximum atomic E-state index is 12.1. The minimum absolute atomic E-state index is 0.190. The summed E-state index contributed by atoms with van der Waals surface area (Å²) < 4.78 is 4.95. The number of carbonyl (C=O) groups is 1. The smallest absolute Gasteiger partial charge is 0.330 e. The highest BCUT2D eigenvalue weighted by atomic mass is 16.5. The van der Waals surface area contributed by atoms with Crippen LogP contribution in [0, 0.1) is 13.8 Å². The van der Waals surface area contributed by atoms with Crippen molar-refractivity contribution in [3.8, 4) is 0 Å². The lowest BCUT2D eigenvalue weighted by atomic mass is 9.89. The number of hydrogen-bond acceptors (Lipinski definition) is 3. The molecule has 0 saturated heterocycles. The molecule has 0 saturated carbocycles. The van der Waals surface area contributed by atoms with E-state index in [0.717, 1.165) is 16.7 Å². The average Bonchev–Trinajstić information content (AvgIpc) is 2.25. The summed E-state index contributed by atoms with van der Waals surface area (Å²) in [6.45, 7) is 9.97. The van der Waals surface area contributed by atoms with Gasteiger partial charge >= 0.3 is 5.97 Å². The summed E-state index contributed by atoms with van der Waals surface area (Å²) in [5.74, 6) is -0.263. The third kappa shape index (κ3) is 3.10. The van der Waals surface area contributed by atoms with Crippen molar-refractivity contribution in [1.29, 1.82) is 0 Å². The number of ether oxygens (including phenoxy) is 1. The van der Waals surface area contributed by atoms with Crippen molar-refractivity contribution in [3.63, 3.8) is 0 Å². The van der Waals surface area contributed by atoms with Crippen molar-refractivity contribution in [3.05, 3.63) is 34.9 Å². The van der Waals surface area contributed by atoms with Gasteiger partial charge in [-0.3, -0.25) is 5.32 Å². The molecule has 1 rings (SSSR count). The van der Waals surface area contributed by atoms with Gasteiger partial charge in [0.25, 0.3) is 0 Å².